The highest BCUT2D eigenvalue weighted by molar-refractivity contribution is 7.90. The molecule has 0 radical (unpaired) electrons. The minimum Gasteiger partial charge on any atom is -0.396 e. The highest BCUT2D eigenvalue weighted by Gasteiger charge is 2.47. The number of benzene rings is 1. The number of carbonyl (C=O) groups excluding carboxylic acids is 1. The summed E-state index contributed by atoms with van der Waals surface area (Å²) in [5.74, 6) is -0.0782. The molecule has 7 heteroatoms. The Morgan fingerprint density at radius 3 is 2.52 bits per heavy atom. The second kappa shape index (κ2) is 6.70. The number of hydrogen-bond donors (Lipinski definition) is 1. The van der Waals surface area contributed by atoms with Gasteiger partial charge in [-0.3, -0.25) is 4.79 Å². The third kappa shape index (κ3) is 3.45. The number of fused-ring (bicyclic) bond motifs is 1. The molecule has 3 rings (SSSR count). The molecule has 0 unspecified atom stereocenters. The van der Waals surface area contributed by atoms with Gasteiger partial charge in [0.15, 0.2) is 9.84 Å². The van der Waals surface area contributed by atoms with Crippen LogP contribution in [0.15, 0.2) is 29.2 Å². The Balaban J connectivity index is 1.78. The third-order valence-electron chi connectivity index (χ3n) is 5.83. The maximum Gasteiger partial charge on any atom is 0.253 e. The maximum atomic E-state index is 12.8. The van der Waals surface area contributed by atoms with Crippen LogP contribution >= 0.6 is 0 Å². The molecule has 2 aliphatic heterocycles. The lowest BCUT2D eigenvalue weighted by Crippen LogP contribution is -2.62. The van der Waals surface area contributed by atoms with Crippen molar-refractivity contribution < 1.29 is 18.3 Å². The van der Waals surface area contributed by atoms with Crippen molar-refractivity contribution in [1.82, 2.24) is 9.80 Å². The first-order valence-corrected chi connectivity index (χ1v) is 10.6. The van der Waals surface area contributed by atoms with Crippen molar-refractivity contribution >= 4 is 15.7 Å². The molecular weight excluding hydrogens is 340 g/mol. The molecule has 1 aromatic carbocycles. The van der Waals surface area contributed by atoms with Gasteiger partial charge in [-0.25, -0.2) is 8.42 Å². The van der Waals surface area contributed by atoms with Gasteiger partial charge in [0.05, 0.1) is 11.5 Å². The fourth-order valence-corrected chi connectivity index (χ4v) is 4.86. The standard InChI is InChI=1S/C18H26N2O4S/c1-19-10-3-8-18(13-21)9-11-20(12-16(18)19)17(22)14-4-6-15(7-5-14)25(2,23)24/h4-7,16,21H,3,8-13H2,1-2H3/t16-,18-/m1/s1. The lowest BCUT2D eigenvalue weighted by atomic mass is 9.69. The molecule has 6 nitrogen and oxygen atoms in total. The lowest BCUT2D eigenvalue weighted by Gasteiger charge is -2.53. The Bertz CT molecular complexity index is 747. The molecule has 1 amide bonds. The molecule has 2 atom stereocenters. The number of nitrogens with zero attached hydrogens (tertiary/aromatic N) is 2. The van der Waals surface area contributed by atoms with E-state index in [1.54, 1.807) is 12.1 Å². The van der Waals surface area contributed by atoms with E-state index in [9.17, 15) is 18.3 Å². The molecule has 2 fully saturated rings. The molecular formula is C18H26N2O4S. The van der Waals surface area contributed by atoms with Crippen molar-refractivity contribution in [2.75, 3.05) is 39.5 Å². The summed E-state index contributed by atoms with van der Waals surface area (Å²) in [6.07, 6.45) is 4.03. The summed E-state index contributed by atoms with van der Waals surface area (Å²) < 4.78 is 23.1. The Kier molecular flexibility index (Phi) is 4.92. The number of aliphatic hydroxyl groups excluding tert-OH is 1. The predicted octanol–water partition coefficient (Wildman–Crippen LogP) is 1.01. The van der Waals surface area contributed by atoms with Gasteiger partial charge >= 0.3 is 0 Å². The van der Waals surface area contributed by atoms with Crippen LogP contribution in [0.4, 0.5) is 0 Å². The van der Waals surface area contributed by atoms with Crippen LogP contribution in [0.5, 0.6) is 0 Å². The summed E-state index contributed by atoms with van der Waals surface area (Å²) in [6, 6.07) is 6.29. The summed E-state index contributed by atoms with van der Waals surface area (Å²) in [4.78, 5) is 17.1. The van der Waals surface area contributed by atoms with Crippen molar-refractivity contribution in [2.24, 2.45) is 5.41 Å². The molecule has 2 aliphatic rings. The van der Waals surface area contributed by atoms with Crippen molar-refractivity contribution in [1.29, 1.82) is 0 Å². The second-order valence-electron chi connectivity index (χ2n) is 7.42. The molecule has 0 aromatic heterocycles. The van der Waals surface area contributed by atoms with Crippen molar-refractivity contribution in [3.05, 3.63) is 29.8 Å². The largest absolute Gasteiger partial charge is 0.396 e. The normalized spacial score (nSPS) is 27.8. The van der Waals surface area contributed by atoms with Crippen molar-refractivity contribution in [3.8, 4) is 0 Å². The average Bonchev–Trinajstić information content (AvgIpc) is 2.60. The Morgan fingerprint density at radius 2 is 1.92 bits per heavy atom. The predicted molar refractivity (Wildman–Crippen MR) is 95.2 cm³/mol. The summed E-state index contributed by atoms with van der Waals surface area (Å²) in [5, 5.41) is 9.96. The second-order valence-corrected chi connectivity index (χ2v) is 9.43. The average molecular weight is 366 g/mol. The van der Waals surface area contributed by atoms with Gasteiger partial charge < -0.3 is 14.9 Å². The fraction of sp³-hybridized carbons (Fsp3) is 0.611. The van der Waals surface area contributed by atoms with Crippen LogP contribution in [0.25, 0.3) is 0 Å². The van der Waals surface area contributed by atoms with Crippen molar-refractivity contribution in [3.63, 3.8) is 0 Å². The molecule has 25 heavy (non-hydrogen) atoms. The van der Waals surface area contributed by atoms with E-state index in [4.69, 9.17) is 0 Å². The Labute approximate surface area is 149 Å². The minimum absolute atomic E-state index is 0.0782. The van der Waals surface area contributed by atoms with E-state index < -0.39 is 9.84 Å². The number of rotatable bonds is 3. The number of sulfone groups is 1. The van der Waals surface area contributed by atoms with Gasteiger partial charge in [-0.1, -0.05) is 0 Å². The number of aliphatic hydroxyl groups is 1. The first kappa shape index (κ1) is 18.4. The number of hydrogen-bond acceptors (Lipinski definition) is 5. The minimum atomic E-state index is -3.26. The van der Waals surface area contributed by atoms with Crippen LogP contribution in [-0.2, 0) is 9.84 Å². The number of amides is 1. The summed E-state index contributed by atoms with van der Waals surface area (Å²) in [7, 11) is -1.21. The SMILES string of the molecule is CN1CCC[C@]2(CO)CCN(C(=O)c3ccc(S(C)(=O)=O)cc3)C[C@@H]12. The van der Waals surface area contributed by atoms with Gasteiger partial charge in [0, 0.05) is 36.4 Å². The molecule has 0 bridgehead atoms. The van der Waals surface area contributed by atoms with Gasteiger partial charge in [0.2, 0.25) is 0 Å². The molecule has 0 spiro atoms. The zero-order chi connectivity index (χ0) is 18.2. The number of likely N-dealkylation sites (N-methyl/N-ethyl adjacent to an activating group) is 1. The van der Waals surface area contributed by atoms with E-state index in [-0.39, 0.29) is 28.9 Å². The zero-order valence-electron chi connectivity index (χ0n) is 14.8. The number of piperidine rings is 2. The van der Waals surface area contributed by atoms with Gasteiger partial charge in [0.25, 0.3) is 5.91 Å². The van der Waals surface area contributed by atoms with Gasteiger partial charge in [-0.15, -0.1) is 0 Å². The van der Waals surface area contributed by atoms with E-state index in [2.05, 4.69) is 11.9 Å². The van der Waals surface area contributed by atoms with E-state index in [1.807, 2.05) is 4.90 Å². The number of likely N-dealkylation sites (tertiary alicyclic amines) is 2. The molecule has 2 heterocycles. The first-order chi connectivity index (χ1) is 11.8. The molecule has 2 saturated heterocycles. The highest BCUT2D eigenvalue weighted by Crippen LogP contribution is 2.41. The van der Waals surface area contributed by atoms with E-state index in [1.165, 1.54) is 12.1 Å². The van der Waals surface area contributed by atoms with Crippen LogP contribution < -0.4 is 0 Å². The van der Waals surface area contributed by atoms with Gasteiger partial charge in [0.1, 0.15) is 0 Å². The van der Waals surface area contributed by atoms with Crippen LogP contribution in [0.3, 0.4) is 0 Å². The van der Waals surface area contributed by atoms with Gasteiger partial charge in [-0.05, 0) is 57.1 Å². The quantitative estimate of drug-likeness (QED) is 0.864. The smallest absolute Gasteiger partial charge is 0.253 e. The summed E-state index contributed by atoms with van der Waals surface area (Å²) >= 11 is 0. The topological polar surface area (TPSA) is 77.9 Å². The highest BCUT2D eigenvalue weighted by atomic mass is 32.2. The molecule has 0 aliphatic carbocycles. The first-order valence-electron chi connectivity index (χ1n) is 8.67. The maximum absolute atomic E-state index is 12.8. The van der Waals surface area contributed by atoms with Crippen molar-refractivity contribution in [2.45, 2.75) is 30.2 Å². The molecule has 138 valence electrons. The fourth-order valence-electron chi connectivity index (χ4n) is 4.23. The monoisotopic (exact) mass is 366 g/mol. The van der Waals surface area contributed by atoms with E-state index in [0.29, 0.717) is 18.7 Å². The Morgan fingerprint density at radius 1 is 1.24 bits per heavy atom. The molecule has 1 aromatic rings. The third-order valence-corrected chi connectivity index (χ3v) is 6.96. The summed E-state index contributed by atoms with van der Waals surface area (Å²) in [6.45, 7) is 2.37. The van der Waals surface area contributed by atoms with Crippen LogP contribution in [-0.4, -0.2) is 74.8 Å². The number of carbonyl (C=O) groups is 1. The van der Waals surface area contributed by atoms with E-state index in [0.717, 1.165) is 32.1 Å². The van der Waals surface area contributed by atoms with Crippen LogP contribution in [0.2, 0.25) is 0 Å². The Hall–Kier alpha value is -1.44. The summed E-state index contributed by atoms with van der Waals surface area (Å²) in [5.41, 5.74) is 0.395. The lowest BCUT2D eigenvalue weighted by molar-refractivity contribution is -0.0601. The molecule has 0 saturated carbocycles. The van der Waals surface area contributed by atoms with Gasteiger partial charge in [-0.2, -0.15) is 0 Å². The van der Waals surface area contributed by atoms with Crippen LogP contribution in [0, 0.1) is 5.41 Å². The molecule has 1 N–H and O–H groups in total. The zero-order valence-corrected chi connectivity index (χ0v) is 15.6. The van der Waals surface area contributed by atoms with Crippen LogP contribution in [0.1, 0.15) is 29.6 Å². The van der Waals surface area contributed by atoms with E-state index >= 15 is 0 Å².